The van der Waals surface area contributed by atoms with Gasteiger partial charge < -0.3 is 15.3 Å². The zero-order valence-electron chi connectivity index (χ0n) is 22.4. The summed E-state index contributed by atoms with van der Waals surface area (Å²) in [6.07, 6.45) is 9.07. The molecule has 0 radical (unpaired) electrons. The molecular formula is C27H44O3. The summed E-state index contributed by atoms with van der Waals surface area (Å²) in [5.41, 5.74) is 1.55. The van der Waals surface area contributed by atoms with Crippen LogP contribution in [0.1, 0.15) is 96.0 Å². The molecule has 170 valence electrons. The number of hydrogen-bond donors (Lipinski definition) is 3. The van der Waals surface area contributed by atoms with Gasteiger partial charge in [0, 0.05) is 6.42 Å². The fourth-order valence-electron chi connectivity index (χ4n) is 6.57. The molecule has 30 heavy (non-hydrogen) atoms. The highest BCUT2D eigenvalue weighted by atomic mass is 16.3. The second-order valence-corrected chi connectivity index (χ2v) is 11.1. The zero-order valence-corrected chi connectivity index (χ0v) is 19.4. The predicted molar refractivity (Wildman–Crippen MR) is 124 cm³/mol. The van der Waals surface area contributed by atoms with Gasteiger partial charge in [-0.25, -0.2) is 0 Å². The van der Waals surface area contributed by atoms with Crippen LogP contribution in [0.25, 0.3) is 0 Å². The van der Waals surface area contributed by atoms with E-state index >= 15 is 0 Å². The molecule has 0 bridgehead atoms. The molecule has 3 nitrogen and oxygen atoms in total. The van der Waals surface area contributed by atoms with Crippen LogP contribution in [-0.2, 0) is 0 Å². The van der Waals surface area contributed by atoms with Gasteiger partial charge >= 0.3 is 0 Å². The highest BCUT2D eigenvalue weighted by Crippen LogP contribution is 2.60. The Labute approximate surface area is 188 Å². The van der Waals surface area contributed by atoms with E-state index in [-0.39, 0.29) is 29.9 Å². The third-order valence-electron chi connectivity index (χ3n) is 8.20. The first-order chi connectivity index (χ1) is 15.3. The first-order valence-corrected chi connectivity index (χ1v) is 12.0. The first kappa shape index (κ1) is 19.8. The molecule has 0 aromatic heterocycles. The van der Waals surface area contributed by atoms with E-state index in [2.05, 4.69) is 13.8 Å². The van der Waals surface area contributed by atoms with Crippen molar-refractivity contribution in [1.29, 1.82) is 0 Å². The topological polar surface area (TPSA) is 60.7 Å². The molecule has 0 aromatic carbocycles. The Bertz CT molecular complexity index is 806. The maximum Gasteiger partial charge on any atom is 0.0811 e. The quantitative estimate of drug-likeness (QED) is 0.517. The number of aliphatic hydroxyl groups excluding tert-OH is 2. The van der Waals surface area contributed by atoms with Crippen LogP contribution >= 0.6 is 0 Å². The van der Waals surface area contributed by atoms with Gasteiger partial charge in [0.25, 0.3) is 0 Å². The van der Waals surface area contributed by atoms with Crippen LogP contribution in [0.3, 0.4) is 0 Å². The number of allylic oxidation sites excluding steroid dienone is 3. The van der Waals surface area contributed by atoms with E-state index in [0.717, 1.165) is 38.5 Å². The number of aliphatic hydroxyl groups is 3. The highest BCUT2D eigenvalue weighted by molar-refractivity contribution is 5.38. The zero-order chi connectivity index (χ0) is 24.6. The molecule has 0 heterocycles. The van der Waals surface area contributed by atoms with Crippen LogP contribution in [0, 0.1) is 23.2 Å². The standard InChI is InChI=1S/C27H44O3/c1-18(8-6-14-26(3,4)30)23-12-13-24-20(9-7-15-27(23,24)5)10-11-21-16-22(28)17-25(29)19(21)2/h10-11,18,22-25,28-30H,2,6-9,12-17H2,1,3-5H3/t18?,22?,23?,24?,25?,27-/m1/s1/i2D2,11D. The van der Waals surface area contributed by atoms with E-state index < -0.39 is 24.3 Å². The van der Waals surface area contributed by atoms with Gasteiger partial charge in [0.2, 0.25) is 0 Å². The molecule has 3 heteroatoms. The molecule has 6 atom stereocenters. The number of fused-ring (bicyclic) bond motifs is 1. The van der Waals surface area contributed by atoms with Gasteiger partial charge in [-0.15, -0.1) is 0 Å². The molecular weight excluding hydrogens is 372 g/mol. The Hall–Kier alpha value is -0.900. The lowest BCUT2D eigenvalue weighted by Crippen LogP contribution is -2.36. The van der Waals surface area contributed by atoms with Crippen molar-refractivity contribution in [2.45, 2.75) is 110 Å². The monoisotopic (exact) mass is 419 g/mol. The molecule has 0 spiro atoms. The van der Waals surface area contributed by atoms with Crippen LogP contribution < -0.4 is 0 Å². The summed E-state index contributed by atoms with van der Waals surface area (Å²) in [7, 11) is 0. The van der Waals surface area contributed by atoms with Crippen molar-refractivity contribution in [3.05, 3.63) is 35.4 Å². The van der Waals surface area contributed by atoms with Crippen molar-refractivity contribution in [1.82, 2.24) is 0 Å². The molecule has 3 saturated carbocycles. The average Bonchev–Trinajstić information content (AvgIpc) is 3.03. The van der Waals surface area contributed by atoms with E-state index in [1.54, 1.807) is 0 Å². The Kier molecular flexibility index (Phi) is 6.13. The minimum atomic E-state index is -1.05. The molecule has 0 amide bonds. The molecule has 3 rings (SSSR count). The van der Waals surface area contributed by atoms with Gasteiger partial charge in [0.05, 0.1) is 21.9 Å². The van der Waals surface area contributed by atoms with Crippen molar-refractivity contribution in [2.75, 3.05) is 0 Å². The second-order valence-electron chi connectivity index (χ2n) is 11.1. The van der Waals surface area contributed by atoms with Crippen LogP contribution in [0.5, 0.6) is 0 Å². The fraction of sp³-hybridized carbons (Fsp3) is 0.778. The summed E-state index contributed by atoms with van der Waals surface area (Å²) in [6, 6.07) is 0.251. The van der Waals surface area contributed by atoms with Crippen molar-refractivity contribution >= 4 is 0 Å². The van der Waals surface area contributed by atoms with Crippen molar-refractivity contribution in [3.63, 3.8) is 0 Å². The van der Waals surface area contributed by atoms with E-state index in [4.69, 9.17) is 4.11 Å². The van der Waals surface area contributed by atoms with Crippen molar-refractivity contribution in [3.8, 4) is 0 Å². The van der Waals surface area contributed by atoms with Crippen LogP contribution in [0.2, 0.25) is 0 Å². The van der Waals surface area contributed by atoms with Crippen LogP contribution in [0.15, 0.2) is 35.4 Å². The smallest absolute Gasteiger partial charge is 0.0811 e. The summed E-state index contributed by atoms with van der Waals surface area (Å²) in [5.74, 6) is 1.67. The summed E-state index contributed by atoms with van der Waals surface area (Å²) in [4.78, 5) is 0. The second kappa shape index (κ2) is 9.30. The molecule has 3 aliphatic rings. The lowest BCUT2D eigenvalue weighted by molar-refractivity contribution is 0.0596. The van der Waals surface area contributed by atoms with Gasteiger partial charge in [0.1, 0.15) is 0 Å². The van der Waals surface area contributed by atoms with Crippen LogP contribution in [0.4, 0.5) is 0 Å². The maximum absolute atomic E-state index is 10.3. The summed E-state index contributed by atoms with van der Waals surface area (Å²) in [6.45, 7) is 8.10. The van der Waals surface area contributed by atoms with E-state index in [1.165, 1.54) is 18.4 Å². The number of hydrogen-bond acceptors (Lipinski definition) is 3. The molecule has 0 saturated heterocycles. The Morgan fingerprint density at radius 3 is 2.83 bits per heavy atom. The lowest BCUT2D eigenvalue weighted by atomic mass is 9.60. The summed E-state index contributed by atoms with van der Waals surface area (Å²) < 4.78 is 24.3. The molecule has 3 fully saturated rings. The van der Waals surface area contributed by atoms with E-state index in [0.29, 0.717) is 23.3 Å². The minimum absolute atomic E-state index is 0.123. The van der Waals surface area contributed by atoms with Crippen LogP contribution in [-0.4, -0.2) is 33.1 Å². The fourth-order valence-corrected chi connectivity index (χ4v) is 6.57. The first-order valence-electron chi connectivity index (χ1n) is 13.5. The van der Waals surface area contributed by atoms with E-state index in [1.807, 2.05) is 19.9 Å². The van der Waals surface area contributed by atoms with Gasteiger partial charge in [-0.05, 0) is 93.1 Å². The normalized spacial score (nSPS) is 40.4. The van der Waals surface area contributed by atoms with Gasteiger partial charge in [-0.2, -0.15) is 0 Å². The minimum Gasteiger partial charge on any atom is -0.393 e. The molecule has 0 aliphatic heterocycles. The third-order valence-corrected chi connectivity index (χ3v) is 8.20. The lowest BCUT2D eigenvalue weighted by Gasteiger charge is -2.44. The summed E-state index contributed by atoms with van der Waals surface area (Å²) in [5, 5.41) is 30.5. The maximum atomic E-state index is 10.3. The molecule has 3 aliphatic carbocycles. The van der Waals surface area contributed by atoms with Crippen molar-refractivity contribution < 1.29 is 19.4 Å². The average molecular weight is 420 g/mol. The van der Waals surface area contributed by atoms with Gasteiger partial charge in [0.15, 0.2) is 0 Å². The highest BCUT2D eigenvalue weighted by Gasteiger charge is 2.50. The molecule has 0 aromatic rings. The molecule has 5 unspecified atom stereocenters. The third kappa shape index (κ3) is 5.29. The van der Waals surface area contributed by atoms with Gasteiger partial charge in [-0.3, -0.25) is 0 Å². The SMILES string of the molecule is [2H]C([2H])=C1C(=C([2H])C=C2CCC[C@@]3(C)C2CCC3C(C)CCCC(C)(C)O)CC(O)CC1O. The Balaban J connectivity index is 1.82. The van der Waals surface area contributed by atoms with E-state index in [9.17, 15) is 15.3 Å². The molecule has 3 N–H and O–H groups in total. The predicted octanol–water partition coefficient (Wildman–Crippen LogP) is 5.70. The van der Waals surface area contributed by atoms with Crippen molar-refractivity contribution in [2.24, 2.45) is 23.2 Å². The Morgan fingerprint density at radius 2 is 2.13 bits per heavy atom. The Morgan fingerprint density at radius 1 is 1.37 bits per heavy atom. The van der Waals surface area contributed by atoms with Gasteiger partial charge in [-0.1, -0.05) is 50.9 Å². The largest absolute Gasteiger partial charge is 0.393 e. The number of rotatable bonds is 6. The summed E-state index contributed by atoms with van der Waals surface area (Å²) >= 11 is 0.